The molecule has 2 aromatic heterocycles. The molecule has 0 radical (unpaired) electrons. The van der Waals surface area contributed by atoms with Crippen molar-refractivity contribution >= 4 is 29.1 Å². The number of aromatic nitrogens is 2. The average Bonchev–Trinajstić information content (AvgIpc) is 3.11. The van der Waals surface area contributed by atoms with Gasteiger partial charge in [-0.2, -0.15) is 0 Å². The first-order valence-corrected chi connectivity index (χ1v) is 10.3. The molecule has 0 bridgehead atoms. The summed E-state index contributed by atoms with van der Waals surface area (Å²) in [6.07, 6.45) is 6.88. The lowest BCUT2D eigenvalue weighted by atomic mass is 9.91. The van der Waals surface area contributed by atoms with Gasteiger partial charge < -0.3 is 9.88 Å². The van der Waals surface area contributed by atoms with E-state index in [2.05, 4.69) is 9.97 Å². The first-order chi connectivity index (χ1) is 14.9. The Bertz CT molecular complexity index is 1240. The maximum absolute atomic E-state index is 15.0. The van der Waals surface area contributed by atoms with Crippen LogP contribution < -0.4 is 4.90 Å². The average molecular weight is 417 g/mol. The van der Waals surface area contributed by atoms with Gasteiger partial charge in [-0.3, -0.25) is 9.59 Å². The van der Waals surface area contributed by atoms with Crippen molar-refractivity contribution in [2.24, 2.45) is 0 Å². The third-order valence-electron chi connectivity index (χ3n) is 5.76. The maximum Gasteiger partial charge on any atom is 0.176 e. The van der Waals surface area contributed by atoms with Gasteiger partial charge in [0.1, 0.15) is 6.29 Å². The van der Waals surface area contributed by atoms with Crippen molar-refractivity contribution in [2.75, 3.05) is 4.90 Å². The lowest BCUT2D eigenvalue weighted by Crippen LogP contribution is -2.19. The molecule has 31 heavy (non-hydrogen) atoms. The predicted octanol–water partition coefficient (Wildman–Crippen LogP) is 5.54. The number of anilines is 2. The smallest absolute Gasteiger partial charge is 0.176 e. The number of carbonyl (C=O) groups is 2. The topological polar surface area (TPSA) is 66.1 Å². The fourth-order valence-corrected chi connectivity index (χ4v) is 4.28. The van der Waals surface area contributed by atoms with Gasteiger partial charge in [0.25, 0.3) is 0 Å². The van der Waals surface area contributed by atoms with E-state index < -0.39 is 5.82 Å². The minimum Gasteiger partial charge on any atom is -0.358 e. The highest BCUT2D eigenvalue weighted by Crippen LogP contribution is 2.44. The van der Waals surface area contributed by atoms with Crippen LogP contribution in [0.4, 0.5) is 15.9 Å². The number of hydrogen-bond acceptors (Lipinski definition) is 4. The van der Waals surface area contributed by atoms with Crippen LogP contribution in [0, 0.1) is 12.7 Å². The Morgan fingerprint density at radius 3 is 2.71 bits per heavy atom. The van der Waals surface area contributed by atoms with E-state index in [4.69, 9.17) is 0 Å². The number of pyridine rings is 1. The van der Waals surface area contributed by atoms with Crippen LogP contribution in [0.25, 0.3) is 5.57 Å². The van der Waals surface area contributed by atoms with E-state index >= 15 is 4.39 Å². The molecule has 0 spiro atoms. The molecule has 0 unspecified atom stereocenters. The summed E-state index contributed by atoms with van der Waals surface area (Å²) in [6, 6.07) is 5.22. The number of aryl methyl sites for hydroxylation is 2. The van der Waals surface area contributed by atoms with E-state index in [1.165, 1.54) is 13.0 Å². The van der Waals surface area contributed by atoms with E-state index in [1.807, 2.05) is 26.0 Å². The minimum absolute atomic E-state index is 0.0736. The van der Waals surface area contributed by atoms with Crippen molar-refractivity contribution < 1.29 is 14.0 Å². The fraction of sp³-hybridized carbons (Fsp3) is 0.240. The summed E-state index contributed by atoms with van der Waals surface area (Å²) in [5.74, 6) is -0.330. The summed E-state index contributed by atoms with van der Waals surface area (Å²) >= 11 is 0. The zero-order chi connectivity index (χ0) is 22.3. The van der Waals surface area contributed by atoms with E-state index in [0.717, 1.165) is 39.7 Å². The second-order valence-corrected chi connectivity index (χ2v) is 7.77. The van der Waals surface area contributed by atoms with Gasteiger partial charge in [-0.25, -0.2) is 9.37 Å². The number of ketones is 1. The number of hydrogen-bond donors (Lipinski definition) is 1. The van der Waals surface area contributed by atoms with Gasteiger partial charge >= 0.3 is 0 Å². The lowest BCUT2D eigenvalue weighted by molar-refractivity contribution is 0.101. The molecule has 4 rings (SSSR count). The third kappa shape index (κ3) is 3.38. The summed E-state index contributed by atoms with van der Waals surface area (Å²) < 4.78 is 15.0. The van der Waals surface area contributed by atoms with Gasteiger partial charge in [0.2, 0.25) is 0 Å². The number of aromatic amines is 1. The molecule has 5 nitrogen and oxygen atoms in total. The Labute approximate surface area is 180 Å². The van der Waals surface area contributed by atoms with Crippen molar-refractivity contribution in [2.45, 2.75) is 40.7 Å². The Morgan fingerprint density at radius 1 is 1.32 bits per heavy atom. The first-order valence-electron chi connectivity index (χ1n) is 10.3. The lowest BCUT2D eigenvalue weighted by Gasteiger charge is -2.26. The van der Waals surface area contributed by atoms with Crippen molar-refractivity contribution in [1.82, 2.24) is 9.97 Å². The van der Waals surface area contributed by atoms with Crippen LogP contribution in [0.1, 0.15) is 69.4 Å². The number of benzene rings is 1. The zero-order valence-corrected chi connectivity index (χ0v) is 18.0. The Balaban J connectivity index is 2.08. The number of fused-ring (bicyclic) bond motifs is 2. The van der Waals surface area contributed by atoms with Crippen molar-refractivity contribution in [1.29, 1.82) is 0 Å². The van der Waals surface area contributed by atoms with E-state index in [-0.39, 0.29) is 11.6 Å². The molecule has 0 fully saturated rings. The molecule has 1 N–H and O–H groups in total. The molecule has 0 saturated heterocycles. The summed E-state index contributed by atoms with van der Waals surface area (Å²) in [5.41, 5.74) is 6.78. The minimum atomic E-state index is -0.439. The summed E-state index contributed by atoms with van der Waals surface area (Å²) in [7, 11) is 0. The molecule has 1 aromatic carbocycles. The monoisotopic (exact) mass is 417 g/mol. The van der Waals surface area contributed by atoms with Crippen LogP contribution in [-0.4, -0.2) is 22.0 Å². The second kappa shape index (κ2) is 7.95. The number of aldehydes is 1. The number of halogens is 1. The molecule has 0 saturated carbocycles. The second-order valence-electron chi connectivity index (χ2n) is 7.77. The van der Waals surface area contributed by atoms with E-state index in [9.17, 15) is 9.59 Å². The molecular formula is C25H24FN3O2. The van der Waals surface area contributed by atoms with Crippen LogP contribution in [0.2, 0.25) is 0 Å². The number of nitrogens with zero attached hydrogens (tertiary/aromatic N) is 2. The van der Waals surface area contributed by atoms with Crippen molar-refractivity contribution in [3.63, 3.8) is 0 Å². The molecule has 0 atom stereocenters. The van der Waals surface area contributed by atoms with Crippen LogP contribution in [-0.2, 0) is 13.0 Å². The highest BCUT2D eigenvalue weighted by Gasteiger charge is 2.30. The standard InChI is InChI=1S/C25H24FN3O2/c1-5-16-8-20-19(6-2)23-18(11-27-24(23)15(4)31)12-29(22(20)9-17(16)13-30)25-21(26)7-14(3)10-28-25/h6-11,13,27H,5,12H2,1-4H3/b19-6-. The summed E-state index contributed by atoms with van der Waals surface area (Å²) in [6.45, 7) is 7.52. The summed E-state index contributed by atoms with van der Waals surface area (Å²) in [5, 5.41) is 0. The number of H-pyrrole nitrogens is 1. The zero-order valence-electron chi connectivity index (χ0n) is 18.0. The number of nitrogens with one attached hydrogen (secondary N) is 1. The van der Waals surface area contributed by atoms with Gasteiger partial charge in [-0.1, -0.05) is 13.0 Å². The Morgan fingerprint density at radius 2 is 2.10 bits per heavy atom. The number of allylic oxidation sites excluding steroid dienone is 1. The van der Waals surface area contributed by atoms with Gasteiger partial charge in [0.15, 0.2) is 17.4 Å². The van der Waals surface area contributed by atoms with Gasteiger partial charge in [-0.15, -0.1) is 0 Å². The third-order valence-corrected chi connectivity index (χ3v) is 5.76. The van der Waals surface area contributed by atoms with Crippen molar-refractivity contribution in [3.05, 3.63) is 81.6 Å². The number of Topliss-reactive ketones (excluding diaryl/α,β-unsaturated/α-hetero) is 1. The van der Waals surface area contributed by atoms with Crippen LogP contribution in [0.5, 0.6) is 0 Å². The van der Waals surface area contributed by atoms with E-state index in [1.54, 1.807) is 30.3 Å². The molecule has 6 heteroatoms. The normalized spacial score (nSPS) is 14.2. The van der Waals surface area contributed by atoms with Gasteiger partial charge in [0.05, 0.1) is 17.9 Å². The Kier molecular flexibility index (Phi) is 5.31. The van der Waals surface area contributed by atoms with Crippen LogP contribution in [0.3, 0.4) is 0 Å². The quantitative estimate of drug-likeness (QED) is 0.447. The molecular weight excluding hydrogens is 393 g/mol. The van der Waals surface area contributed by atoms with E-state index in [0.29, 0.717) is 29.9 Å². The van der Waals surface area contributed by atoms with Gasteiger partial charge in [-0.05, 0) is 60.7 Å². The SMILES string of the molecule is C/C=C1/c2cc(CC)c(C=O)cc2N(c2ncc(C)cc2F)Cc2c[nH]c(C(C)=O)c21. The van der Waals surface area contributed by atoms with Crippen LogP contribution >= 0.6 is 0 Å². The molecule has 1 aliphatic rings. The molecule has 1 aliphatic heterocycles. The van der Waals surface area contributed by atoms with Crippen LogP contribution in [0.15, 0.2) is 36.7 Å². The molecule has 158 valence electrons. The van der Waals surface area contributed by atoms with Crippen molar-refractivity contribution in [3.8, 4) is 0 Å². The highest BCUT2D eigenvalue weighted by molar-refractivity contribution is 6.03. The first kappa shape index (κ1) is 20.7. The molecule has 0 amide bonds. The maximum atomic E-state index is 15.0. The number of carbonyl (C=O) groups excluding carboxylic acids is 2. The largest absolute Gasteiger partial charge is 0.358 e. The number of rotatable bonds is 4. The van der Waals surface area contributed by atoms with Gasteiger partial charge in [0, 0.05) is 36.0 Å². The molecule has 0 aliphatic carbocycles. The predicted molar refractivity (Wildman–Crippen MR) is 120 cm³/mol. The molecule has 3 heterocycles. The fourth-order valence-electron chi connectivity index (χ4n) is 4.28. The molecule has 3 aromatic rings. The summed E-state index contributed by atoms with van der Waals surface area (Å²) in [4.78, 5) is 33.4. The highest BCUT2D eigenvalue weighted by atomic mass is 19.1. The Hall–Kier alpha value is -3.54.